The van der Waals surface area contributed by atoms with E-state index in [1.165, 1.54) is 11.3 Å². The highest BCUT2D eigenvalue weighted by molar-refractivity contribution is 7.13. The molecule has 2 amide bonds. The molecule has 0 aliphatic heterocycles. The molecule has 0 radical (unpaired) electrons. The Labute approximate surface area is 159 Å². The van der Waals surface area contributed by atoms with E-state index < -0.39 is 5.41 Å². The van der Waals surface area contributed by atoms with Gasteiger partial charge in [-0.15, -0.1) is 11.3 Å². The minimum atomic E-state index is -0.478. The second kappa shape index (κ2) is 8.45. The Balaban J connectivity index is 2.09. The van der Waals surface area contributed by atoms with E-state index in [2.05, 4.69) is 22.5 Å². The number of thiazole rings is 1. The monoisotopic (exact) mass is 373 g/mol. The minimum absolute atomic E-state index is 0.0696. The maximum Gasteiger partial charge on any atom is 0.267 e. The molecule has 0 bridgehead atoms. The van der Waals surface area contributed by atoms with Crippen molar-refractivity contribution in [2.45, 2.75) is 53.9 Å². The van der Waals surface area contributed by atoms with Gasteiger partial charge in [0.2, 0.25) is 5.91 Å². The molecule has 0 saturated heterocycles. The van der Waals surface area contributed by atoms with Gasteiger partial charge < -0.3 is 10.6 Å². The molecule has 0 unspecified atom stereocenters. The number of amides is 2. The van der Waals surface area contributed by atoms with Gasteiger partial charge >= 0.3 is 0 Å². The van der Waals surface area contributed by atoms with Crippen molar-refractivity contribution in [2.24, 2.45) is 5.41 Å². The third-order valence-corrected chi connectivity index (χ3v) is 5.07. The first-order valence-corrected chi connectivity index (χ1v) is 9.71. The van der Waals surface area contributed by atoms with Crippen LogP contribution in [0.4, 0.5) is 11.4 Å². The number of unbranched alkanes of at least 4 members (excludes halogenated alkanes) is 1. The van der Waals surface area contributed by atoms with Crippen molar-refractivity contribution in [2.75, 3.05) is 10.6 Å². The van der Waals surface area contributed by atoms with Crippen LogP contribution in [-0.4, -0.2) is 16.8 Å². The van der Waals surface area contributed by atoms with Crippen LogP contribution in [0.1, 0.15) is 60.9 Å². The lowest BCUT2D eigenvalue weighted by Crippen LogP contribution is -2.27. The molecule has 5 nitrogen and oxygen atoms in total. The first kappa shape index (κ1) is 20.1. The maximum atomic E-state index is 12.6. The van der Waals surface area contributed by atoms with E-state index in [0.29, 0.717) is 16.3 Å². The Kier molecular flexibility index (Phi) is 6.53. The number of nitrogens with zero attached hydrogens (tertiary/aromatic N) is 1. The molecular weight excluding hydrogens is 346 g/mol. The lowest BCUT2D eigenvalue weighted by molar-refractivity contribution is -0.123. The fourth-order valence-corrected chi connectivity index (χ4v) is 3.28. The van der Waals surface area contributed by atoms with E-state index in [-0.39, 0.29) is 11.8 Å². The van der Waals surface area contributed by atoms with Crippen LogP contribution >= 0.6 is 11.3 Å². The number of benzene rings is 1. The van der Waals surface area contributed by atoms with Crippen LogP contribution in [0.15, 0.2) is 24.3 Å². The van der Waals surface area contributed by atoms with Crippen molar-refractivity contribution in [1.29, 1.82) is 0 Å². The topological polar surface area (TPSA) is 71.1 Å². The average Bonchev–Trinajstić information content (AvgIpc) is 2.93. The fraction of sp³-hybridized carbons (Fsp3) is 0.450. The molecule has 2 N–H and O–H groups in total. The standard InChI is InChI=1S/C20H27N3O2S/c1-6-7-11-16-21-13(2)17(26-16)18(24)22-14-9-8-10-15(12-14)23-19(25)20(3,4)5/h8-10,12H,6-7,11H2,1-5H3,(H,22,24)(H,23,25). The number of hydrogen-bond donors (Lipinski definition) is 2. The maximum absolute atomic E-state index is 12.6. The number of aromatic nitrogens is 1. The fourth-order valence-electron chi connectivity index (χ4n) is 2.28. The number of carbonyl (C=O) groups excluding carboxylic acids is 2. The van der Waals surface area contributed by atoms with E-state index >= 15 is 0 Å². The Bertz CT molecular complexity index is 791. The Hall–Kier alpha value is -2.21. The van der Waals surface area contributed by atoms with Crippen molar-refractivity contribution < 1.29 is 9.59 Å². The molecule has 0 spiro atoms. The van der Waals surface area contributed by atoms with Crippen LogP contribution in [0.25, 0.3) is 0 Å². The average molecular weight is 374 g/mol. The van der Waals surface area contributed by atoms with Crippen LogP contribution in [0.5, 0.6) is 0 Å². The predicted molar refractivity (Wildman–Crippen MR) is 108 cm³/mol. The summed E-state index contributed by atoms with van der Waals surface area (Å²) in [7, 11) is 0. The van der Waals surface area contributed by atoms with Crippen molar-refractivity contribution in [3.8, 4) is 0 Å². The second-order valence-electron chi connectivity index (χ2n) is 7.36. The highest BCUT2D eigenvalue weighted by Gasteiger charge is 2.21. The van der Waals surface area contributed by atoms with Crippen LogP contribution in [0.2, 0.25) is 0 Å². The molecule has 140 valence electrons. The van der Waals surface area contributed by atoms with Gasteiger partial charge in [-0.3, -0.25) is 9.59 Å². The third kappa shape index (κ3) is 5.39. The molecular formula is C20H27N3O2S. The van der Waals surface area contributed by atoms with Gasteiger partial charge in [0.25, 0.3) is 5.91 Å². The molecule has 6 heteroatoms. The molecule has 2 rings (SSSR count). The van der Waals surface area contributed by atoms with Gasteiger partial charge in [-0.1, -0.05) is 40.2 Å². The second-order valence-corrected chi connectivity index (χ2v) is 8.45. The lowest BCUT2D eigenvalue weighted by atomic mass is 9.95. The summed E-state index contributed by atoms with van der Waals surface area (Å²) in [4.78, 5) is 29.8. The molecule has 0 saturated carbocycles. The summed E-state index contributed by atoms with van der Waals surface area (Å²) in [5, 5.41) is 6.78. The van der Waals surface area contributed by atoms with Crippen LogP contribution in [0.3, 0.4) is 0 Å². The Morgan fingerprint density at radius 2 is 1.81 bits per heavy atom. The molecule has 0 atom stereocenters. The van der Waals surface area contributed by atoms with Gasteiger partial charge in [0.05, 0.1) is 10.7 Å². The zero-order valence-electron chi connectivity index (χ0n) is 16.1. The highest BCUT2D eigenvalue weighted by Crippen LogP contribution is 2.23. The Morgan fingerprint density at radius 1 is 1.15 bits per heavy atom. The summed E-state index contributed by atoms with van der Waals surface area (Å²) >= 11 is 1.45. The zero-order valence-corrected chi connectivity index (χ0v) is 16.9. The molecule has 0 fully saturated rings. The minimum Gasteiger partial charge on any atom is -0.326 e. The molecule has 1 aromatic heterocycles. The summed E-state index contributed by atoms with van der Waals surface area (Å²) in [5.74, 6) is -0.234. The number of hydrogen-bond acceptors (Lipinski definition) is 4. The molecule has 1 heterocycles. The lowest BCUT2D eigenvalue weighted by Gasteiger charge is -2.18. The molecule has 26 heavy (non-hydrogen) atoms. The first-order valence-electron chi connectivity index (χ1n) is 8.90. The van der Waals surface area contributed by atoms with E-state index in [0.717, 1.165) is 30.0 Å². The summed E-state index contributed by atoms with van der Waals surface area (Å²) < 4.78 is 0. The van der Waals surface area contributed by atoms with Crippen LogP contribution in [0, 0.1) is 12.3 Å². The Morgan fingerprint density at radius 3 is 2.42 bits per heavy atom. The van der Waals surface area contributed by atoms with Gasteiger partial charge in [0.15, 0.2) is 0 Å². The van der Waals surface area contributed by atoms with Crippen molar-refractivity contribution in [1.82, 2.24) is 4.98 Å². The van der Waals surface area contributed by atoms with E-state index in [4.69, 9.17) is 0 Å². The molecule has 0 aliphatic rings. The molecule has 2 aromatic rings. The predicted octanol–water partition coefficient (Wildman–Crippen LogP) is 5.03. The summed E-state index contributed by atoms with van der Waals surface area (Å²) in [6.45, 7) is 9.57. The normalized spacial score (nSPS) is 11.3. The van der Waals surface area contributed by atoms with E-state index in [9.17, 15) is 9.59 Å². The summed E-state index contributed by atoms with van der Waals surface area (Å²) in [5.41, 5.74) is 1.58. The quantitative estimate of drug-likeness (QED) is 0.746. The van der Waals surface area contributed by atoms with Crippen LogP contribution in [-0.2, 0) is 11.2 Å². The number of rotatable bonds is 6. The van der Waals surface area contributed by atoms with Crippen molar-refractivity contribution in [3.05, 3.63) is 39.8 Å². The third-order valence-electron chi connectivity index (χ3n) is 3.85. The number of carbonyl (C=O) groups is 2. The van der Waals surface area contributed by atoms with Crippen molar-refractivity contribution in [3.63, 3.8) is 0 Å². The van der Waals surface area contributed by atoms with Gasteiger partial charge in [-0.2, -0.15) is 0 Å². The van der Waals surface area contributed by atoms with Gasteiger partial charge in [-0.05, 0) is 38.0 Å². The number of aryl methyl sites for hydroxylation is 2. The number of anilines is 2. The van der Waals surface area contributed by atoms with Crippen LogP contribution < -0.4 is 10.6 Å². The summed E-state index contributed by atoms with van der Waals surface area (Å²) in [6, 6.07) is 7.18. The first-order chi connectivity index (χ1) is 12.2. The highest BCUT2D eigenvalue weighted by atomic mass is 32.1. The molecule has 0 aliphatic carbocycles. The summed E-state index contributed by atoms with van der Waals surface area (Å²) in [6.07, 6.45) is 3.08. The van der Waals surface area contributed by atoms with Crippen molar-refractivity contribution >= 4 is 34.5 Å². The largest absolute Gasteiger partial charge is 0.326 e. The number of nitrogens with one attached hydrogen (secondary N) is 2. The van der Waals surface area contributed by atoms with Gasteiger partial charge in [-0.25, -0.2) is 4.98 Å². The smallest absolute Gasteiger partial charge is 0.267 e. The van der Waals surface area contributed by atoms with Gasteiger partial charge in [0.1, 0.15) is 4.88 Å². The van der Waals surface area contributed by atoms with E-state index in [1.807, 2.05) is 27.7 Å². The van der Waals surface area contributed by atoms with Gasteiger partial charge in [0, 0.05) is 16.8 Å². The SMILES string of the molecule is CCCCc1nc(C)c(C(=O)Nc2cccc(NC(=O)C(C)(C)C)c2)s1. The van der Waals surface area contributed by atoms with E-state index in [1.54, 1.807) is 24.3 Å². The molecule has 1 aromatic carbocycles. The zero-order chi connectivity index (χ0) is 19.3.